The molecule has 10 heteroatoms. The molecule has 0 aliphatic rings. The average Bonchev–Trinajstić information content (AvgIpc) is 2.58. The summed E-state index contributed by atoms with van der Waals surface area (Å²) in [6, 6.07) is 7.72. The number of hydrogen-bond acceptors (Lipinski definition) is 4. The second kappa shape index (κ2) is 7.33. The summed E-state index contributed by atoms with van der Waals surface area (Å²) in [4.78, 5) is 5.66. The van der Waals surface area contributed by atoms with Crippen LogP contribution in [0.2, 0.25) is 0 Å². The van der Waals surface area contributed by atoms with Crippen LogP contribution in [0, 0.1) is 13.1 Å². The first-order valence-corrected chi connectivity index (χ1v) is 10.6. The van der Waals surface area contributed by atoms with Crippen molar-refractivity contribution >= 4 is 53.6 Å². The quantitative estimate of drug-likeness (QED) is 0.455. The Balaban J connectivity index is 2.63. The molecule has 2 N–H and O–H groups in total. The topological polar surface area (TPSA) is 100 Å². The zero-order valence-electron chi connectivity index (χ0n) is 12.9. The Morgan fingerprint density at radius 3 is 1.65 bits per heavy atom. The van der Waals surface area contributed by atoms with E-state index in [1.165, 1.54) is 42.5 Å². The van der Waals surface area contributed by atoms with Gasteiger partial charge in [-0.15, -0.1) is 0 Å². The third-order valence-electron chi connectivity index (χ3n) is 3.25. The molecule has 0 heterocycles. The highest BCUT2D eigenvalue weighted by Gasteiger charge is 2.15. The second-order valence-electron chi connectivity index (χ2n) is 4.95. The van der Waals surface area contributed by atoms with E-state index in [-0.39, 0.29) is 27.4 Å². The largest absolute Gasteiger partial charge is 0.302 e. The Morgan fingerprint density at radius 1 is 0.846 bits per heavy atom. The Labute approximate surface area is 155 Å². The van der Waals surface area contributed by atoms with Gasteiger partial charge in [0.05, 0.1) is 22.9 Å². The number of hydrogen-bond donors (Lipinski definition) is 2. The molecule has 132 valence electrons. The van der Waals surface area contributed by atoms with E-state index in [2.05, 4.69) is 20.9 Å². The van der Waals surface area contributed by atoms with Gasteiger partial charge in [-0.2, -0.15) is 8.42 Å². The monoisotopic (exact) mass is 406 g/mol. The molecule has 0 aliphatic heterocycles. The summed E-state index contributed by atoms with van der Waals surface area (Å²) in [6.07, 6.45) is 2.64. The Kier molecular flexibility index (Phi) is 5.56. The lowest BCUT2D eigenvalue weighted by Crippen LogP contribution is -2.01. The smallest absolute Gasteiger partial charge is 0.293 e. The van der Waals surface area contributed by atoms with Crippen LogP contribution in [0.3, 0.4) is 0 Å². The van der Waals surface area contributed by atoms with Gasteiger partial charge in [0.1, 0.15) is 0 Å². The maximum absolute atomic E-state index is 11.9. The van der Waals surface area contributed by atoms with Crippen molar-refractivity contribution in [3.05, 3.63) is 70.4 Å². The molecule has 2 rings (SSSR count). The van der Waals surface area contributed by atoms with Gasteiger partial charge < -0.3 is 4.55 Å². The molecule has 0 aromatic heterocycles. The molecule has 1 unspecified atom stereocenters. The molecule has 0 bridgehead atoms. The van der Waals surface area contributed by atoms with Gasteiger partial charge in [-0.25, -0.2) is 13.9 Å². The summed E-state index contributed by atoms with van der Waals surface area (Å²) >= 11 is 4.57. The minimum Gasteiger partial charge on any atom is -0.302 e. The van der Waals surface area contributed by atoms with Crippen molar-refractivity contribution in [2.24, 2.45) is 0 Å². The predicted molar refractivity (Wildman–Crippen MR) is 101 cm³/mol. The molecular formula is C16H10N2O5S3. The fourth-order valence-electron chi connectivity index (χ4n) is 2.09. The second-order valence-corrected chi connectivity index (χ2v) is 9.09. The number of rotatable bonds is 4. The van der Waals surface area contributed by atoms with E-state index in [1.54, 1.807) is 0 Å². The van der Waals surface area contributed by atoms with Crippen LogP contribution in [-0.2, 0) is 30.1 Å². The first kappa shape index (κ1) is 19.7. The SMILES string of the molecule is [C-]#[N+]c1ccc(C=Cc2ccc([N+]#[C-])cc2S(=O)(O)=S)c(S(=O)(=O)O)c1. The fraction of sp³-hybridized carbons (Fsp3) is 0. The molecule has 0 amide bonds. The van der Waals surface area contributed by atoms with Gasteiger partial charge in [0, 0.05) is 11.2 Å². The van der Waals surface area contributed by atoms with Crippen LogP contribution in [0.1, 0.15) is 11.1 Å². The minimum atomic E-state index is -4.58. The predicted octanol–water partition coefficient (Wildman–Crippen LogP) is 3.78. The lowest BCUT2D eigenvalue weighted by atomic mass is 10.1. The van der Waals surface area contributed by atoms with Crippen molar-refractivity contribution in [1.29, 1.82) is 0 Å². The van der Waals surface area contributed by atoms with Crippen LogP contribution in [0.5, 0.6) is 0 Å². The summed E-state index contributed by atoms with van der Waals surface area (Å²) in [7, 11) is -8.37. The lowest BCUT2D eigenvalue weighted by molar-refractivity contribution is 0.483. The van der Waals surface area contributed by atoms with E-state index in [0.29, 0.717) is 0 Å². The van der Waals surface area contributed by atoms with Gasteiger partial charge in [0.15, 0.2) is 20.1 Å². The fourth-order valence-corrected chi connectivity index (χ4v) is 3.93. The van der Waals surface area contributed by atoms with Crippen molar-refractivity contribution in [3.63, 3.8) is 0 Å². The van der Waals surface area contributed by atoms with E-state index in [1.807, 2.05) is 0 Å². The van der Waals surface area contributed by atoms with Crippen LogP contribution in [0.15, 0.2) is 46.2 Å². The maximum atomic E-state index is 11.9. The Morgan fingerprint density at radius 2 is 1.27 bits per heavy atom. The van der Waals surface area contributed by atoms with Crippen LogP contribution < -0.4 is 0 Å². The third kappa shape index (κ3) is 4.52. The van der Waals surface area contributed by atoms with Gasteiger partial charge in [-0.3, -0.25) is 4.55 Å². The Hall–Kier alpha value is -2.60. The van der Waals surface area contributed by atoms with E-state index < -0.39 is 23.8 Å². The van der Waals surface area contributed by atoms with E-state index in [4.69, 9.17) is 13.1 Å². The molecule has 7 nitrogen and oxygen atoms in total. The molecule has 0 radical (unpaired) electrons. The maximum Gasteiger partial charge on any atom is 0.293 e. The van der Waals surface area contributed by atoms with Crippen LogP contribution >= 0.6 is 0 Å². The molecule has 0 spiro atoms. The van der Waals surface area contributed by atoms with E-state index in [0.717, 1.165) is 6.07 Å². The highest BCUT2D eigenvalue weighted by Crippen LogP contribution is 2.27. The minimum absolute atomic E-state index is 0.0285. The number of nitrogens with zero attached hydrogens (tertiary/aromatic N) is 2. The van der Waals surface area contributed by atoms with Gasteiger partial charge >= 0.3 is 0 Å². The summed E-state index contributed by atoms with van der Waals surface area (Å²) in [5.74, 6) is 0. The summed E-state index contributed by atoms with van der Waals surface area (Å²) < 4.78 is 53.9. The van der Waals surface area contributed by atoms with Crippen molar-refractivity contribution in [2.45, 2.75) is 9.79 Å². The summed E-state index contributed by atoms with van der Waals surface area (Å²) in [5.41, 5.74) is 0.453. The van der Waals surface area contributed by atoms with Crippen molar-refractivity contribution in [2.75, 3.05) is 0 Å². The van der Waals surface area contributed by atoms with Crippen molar-refractivity contribution < 1.29 is 21.7 Å². The van der Waals surface area contributed by atoms with Gasteiger partial charge in [-0.1, -0.05) is 36.4 Å². The highest BCUT2D eigenvalue weighted by molar-refractivity contribution is 8.29. The van der Waals surface area contributed by atoms with Gasteiger partial charge in [0.25, 0.3) is 10.1 Å². The first-order valence-electron chi connectivity index (χ1n) is 6.72. The average molecular weight is 406 g/mol. The van der Waals surface area contributed by atoms with E-state index in [9.17, 15) is 21.7 Å². The molecule has 26 heavy (non-hydrogen) atoms. The normalized spacial score (nSPS) is 13.7. The van der Waals surface area contributed by atoms with Gasteiger partial charge in [-0.05, 0) is 23.3 Å². The molecule has 2 aromatic carbocycles. The molecule has 0 saturated heterocycles. The van der Waals surface area contributed by atoms with Crippen LogP contribution in [-0.4, -0.2) is 21.7 Å². The first-order chi connectivity index (χ1) is 12.1. The molecule has 2 aromatic rings. The highest BCUT2D eigenvalue weighted by atomic mass is 32.8. The molecule has 0 aliphatic carbocycles. The van der Waals surface area contributed by atoms with Crippen LogP contribution in [0.4, 0.5) is 11.4 Å². The molecular weight excluding hydrogens is 396 g/mol. The summed E-state index contributed by atoms with van der Waals surface area (Å²) in [5, 5.41) is 0. The third-order valence-corrected chi connectivity index (χ3v) is 5.61. The zero-order chi connectivity index (χ0) is 19.5. The molecule has 1 atom stereocenters. The molecule has 0 fully saturated rings. The molecule has 0 saturated carbocycles. The van der Waals surface area contributed by atoms with Crippen LogP contribution in [0.25, 0.3) is 21.8 Å². The number of benzene rings is 2. The standard InChI is InChI=1S/C16H10N2O5S3/c1-17-13-7-5-11(15(9-13)25(19,20)21)3-4-12-6-8-14(18-2)10-16(12)26(22,23)24/h3-10H,(H,19,20,21)(H,22,23,24). The Bertz CT molecular complexity index is 1110. The summed E-state index contributed by atoms with van der Waals surface area (Å²) in [6.45, 7) is 13.9. The lowest BCUT2D eigenvalue weighted by Gasteiger charge is -2.07. The van der Waals surface area contributed by atoms with E-state index >= 15 is 0 Å². The van der Waals surface area contributed by atoms with Crippen molar-refractivity contribution in [1.82, 2.24) is 0 Å². The van der Waals surface area contributed by atoms with Crippen molar-refractivity contribution in [3.8, 4) is 0 Å². The van der Waals surface area contributed by atoms with Gasteiger partial charge in [0.2, 0.25) is 0 Å². The zero-order valence-corrected chi connectivity index (χ0v) is 15.3.